The molecule has 3 heteroatoms. The quantitative estimate of drug-likeness (QED) is 0.486. The van der Waals surface area contributed by atoms with E-state index in [4.69, 9.17) is 4.74 Å². The standard InChI is InChI=1S/C15H20O3/c1-7-5-6-8-15(18-8)12(17)10(16)9-11(13(9,2)3)14(7,15)4/h7-9,11H,5-6H2,1-4H3/t7-,8?,9-,11+,14-,15-/m1/s1. The van der Waals surface area contributed by atoms with Crippen molar-refractivity contribution < 1.29 is 14.3 Å². The largest absolute Gasteiger partial charge is 0.357 e. The maximum Gasteiger partial charge on any atom is 0.233 e. The molecule has 1 heterocycles. The summed E-state index contributed by atoms with van der Waals surface area (Å²) >= 11 is 0. The molecule has 18 heavy (non-hydrogen) atoms. The van der Waals surface area contributed by atoms with E-state index in [-0.39, 0.29) is 34.4 Å². The molecule has 1 spiro atoms. The second-order valence-electron chi connectivity index (χ2n) is 7.57. The molecular weight excluding hydrogens is 228 g/mol. The van der Waals surface area contributed by atoms with Crippen molar-refractivity contribution in [2.45, 2.75) is 52.2 Å². The Morgan fingerprint density at radius 3 is 2.50 bits per heavy atom. The Morgan fingerprint density at radius 1 is 1.17 bits per heavy atom. The molecule has 0 bridgehead atoms. The molecule has 0 aromatic carbocycles. The third-order valence-corrected chi connectivity index (χ3v) is 6.73. The van der Waals surface area contributed by atoms with Crippen LogP contribution in [0.25, 0.3) is 0 Å². The molecule has 4 aliphatic rings. The predicted octanol–water partition coefficient (Wildman–Crippen LogP) is 1.98. The van der Waals surface area contributed by atoms with Gasteiger partial charge in [-0.15, -0.1) is 0 Å². The molecule has 3 aliphatic carbocycles. The van der Waals surface area contributed by atoms with Crippen LogP contribution in [0.5, 0.6) is 0 Å². The van der Waals surface area contributed by atoms with E-state index in [0.29, 0.717) is 11.8 Å². The lowest BCUT2D eigenvalue weighted by molar-refractivity contribution is -0.150. The molecule has 98 valence electrons. The van der Waals surface area contributed by atoms with Gasteiger partial charge >= 0.3 is 0 Å². The lowest BCUT2D eigenvalue weighted by Crippen LogP contribution is -2.58. The third kappa shape index (κ3) is 0.806. The van der Waals surface area contributed by atoms with Crippen molar-refractivity contribution in [2.24, 2.45) is 28.6 Å². The zero-order chi connectivity index (χ0) is 13.1. The average Bonchev–Trinajstić information content (AvgIpc) is 3.15. The summed E-state index contributed by atoms with van der Waals surface area (Å²) in [6.45, 7) is 8.70. The van der Waals surface area contributed by atoms with Crippen molar-refractivity contribution in [2.75, 3.05) is 0 Å². The lowest BCUT2D eigenvalue weighted by Gasteiger charge is -2.46. The van der Waals surface area contributed by atoms with E-state index in [9.17, 15) is 9.59 Å². The van der Waals surface area contributed by atoms with Crippen molar-refractivity contribution in [3.05, 3.63) is 0 Å². The summed E-state index contributed by atoms with van der Waals surface area (Å²) in [6, 6.07) is 0. The van der Waals surface area contributed by atoms with Gasteiger partial charge in [-0.25, -0.2) is 0 Å². The minimum absolute atomic E-state index is 0.0207. The van der Waals surface area contributed by atoms with Crippen LogP contribution in [-0.2, 0) is 14.3 Å². The highest BCUT2D eigenvalue weighted by Crippen LogP contribution is 2.79. The Morgan fingerprint density at radius 2 is 1.83 bits per heavy atom. The Kier molecular flexibility index (Phi) is 1.61. The number of epoxide rings is 1. The van der Waals surface area contributed by atoms with Gasteiger partial charge in [0, 0.05) is 11.3 Å². The van der Waals surface area contributed by atoms with Crippen molar-refractivity contribution >= 4 is 11.6 Å². The molecule has 4 rings (SSSR count). The van der Waals surface area contributed by atoms with Gasteiger partial charge in [0.15, 0.2) is 5.60 Å². The van der Waals surface area contributed by atoms with Crippen LogP contribution in [-0.4, -0.2) is 23.3 Å². The Balaban J connectivity index is 1.91. The smallest absolute Gasteiger partial charge is 0.233 e. The summed E-state index contributed by atoms with van der Waals surface area (Å²) in [5.41, 5.74) is -0.890. The van der Waals surface area contributed by atoms with Crippen molar-refractivity contribution in [1.82, 2.24) is 0 Å². The second kappa shape index (κ2) is 2.60. The van der Waals surface area contributed by atoms with E-state index < -0.39 is 5.60 Å². The Hall–Kier alpha value is -0.700. The van der Waals surface area contributed by atoms with Crippen LogP contribution in [0.15, 0.2) is 0 Å². The first-order chi connectivity index (χ1) is 8.29. The monoisotopic (exact) mass is 248 g/mol. The first kappa shape index (κ1) is 11.2. The number of hydrogen-bond acceptors (Lipinski definition) is 3. The van der Waals surface area contributed by atoms with Crippen molar-refractivity contribution in [3.63, 3.8) is 0 Å². The summed E-state index contributed by atoms with van der Waals surface area (Å²) in [6.07, 6.45) is 2.07. The van der Waals surface area contributed by atoms with E-state index in [1.54, 1.807) is 0 Å². The fraction of sp³-hybridized carbons (Fsp3) is 0.867. The molecule has 1 aliphatic heterocycles. The van der Waals surface area contributed by atoms with Gasteiger partial charge in [-0.1, -0.05) is 27.7 Å². The lowest BCUT2D eigenvalue weighted by atomic mass is 9.54. The van der Waals surface area contributed by atoms with Crippen LogP contribution >= 0.6 is 0 Å². The zero-order valence-corrected chi connectivity index (χ0v) is 11.4. The van der Waals surface area contributed by atoms with E-state index in [1.165, 1.54) is 0 Å². The summed E-state index contributed by atoms with van der Waals surface area (Å²) in [5.74, 6) is 0.372. The molecule has 6 atom stereocenters. The maximum absolute atomic E-state index is 12.5. The molecule has 3 saturated carbocycles. The highest BCUT2D eigenvalue weighted by atomic mass is 16.6. The number of Topliss-reactive ketones (excluding diaryl/α,β-unsaturated/α-hetero) is 2. The van der Waals surface area contributed by atoms with E-state index in [0.717, 1.165) is 12.8 Å². The molecule has 0 aromatic heterocycles. The first-order valence-corrected chi connectivity index (χ1v) is 7.06. The molecular formula is C15H20O3. The normalized spacial score (nSPS) is 59.6. The molecule has 3 nitrogen and oxygen atoms in total. The van der Waals surface area contributed by atoms with Gasteiger partial charge < -0.3 is 4.74 Å². The number of hydrogen-bond donors (Lipinski definition) is 0. The van der Waals surface area contributed by atoms with Gasteiger partial charge in [0.1, 0.15) is 0 Å². The summed E-state index contributed by atoms with van der Waals surface area (Å²) in [4.78, 5) is 24.8. The Labute approximate surface area is 107 Å². The highest BCUT2D eigenvalue weighted by Gasteiger charge is 2.87. The van der Waals surface area contributed by atoms with Crippen molar-refractivity contribution in [1.29, 1.82) is 0 Å². The van der Waals surface area contributed by atoms with Gasteiger partial charge in [-0.05, 0) is 30.1 Å². The first-order valence-electron chi connectivity index (χ1n) is 7.06. The van der Waals surface area contributed by atoms with Crippen LogP contribution in [0, 0.1) is 28.6 Å². The number of ether oxygens (including phenoxy) is 1. The molecule has 0 radical (unpaired) electrons. The molecule has 1 unspecified atom stereocenters. The SMILES string of the molecule is C[C@@H]1CCC2O[C@@]23C(=O)C(=O)[C@@H]2[C@@H](C2(C)C)[C@@]13C. The third-order valence-electron chi connectivity index (χ3n) is 6.73. The van der Waals surface area contributed by atoms with Crippen LogP contribution in [0.3, 0.4) is 0 Å². The molecule has 0 N–H and O–H groups in total. The number of ketones is 2. The van der Waals surface area contributed by atoms with E-state index in [2.05, 4.69) is 27.7 Å². The average molecular weight is 248 g/mol. The van der Waals surface area contributed by atoms with Crippen LogP contribution in [0.4, 0.5) is 0 Å². The van der Waals surface area contributed by atoms with E-state index in [1.807, 2.05) is 0 Å². The fourth-order valence-electron chi connectivity index (χ4n) is 5.55. The van der Waals surface area contributed by atoms with Gasteiger partial charge in [-0.3, -0.25) is 9.59 Å². The highest BCUT2D eigenvalue weighted by molar-refractivity contribution is 6.44. The molecule has 0 amide bonds. The number of carbonyl (C=O) groups excluding carboxylic acids is 2. The van der Waals surface area contributed by atoms with Gasteiger partial charge in [-0.2, -0.15) is 0 Å². The zero-order valence-electron chi connectivity index (χ0n) is 11.4. The minimum atomic E-state index is -0.739. The predicted molar refractivity (Wildman–Crippen MR) is 64.9 cm³/mol. The molecule has 1 saturated heterocycles. The van der Waals surface area contributed by atoms with Crippen LogP contribution in [0.2, 0.25) is 0 Å². The van der Waals surface area contributed by atoms with Crippen LogP contribution in [0.1, 0.15) is 40.5 Å². The van der Waals surface area contributed by atoms with Gasteiger partial charge in [0.05, 0.1) is 6.10 Å². The second-order valence-corrected chi connectivity index (χ2v) is 7.57. The molecule has 0 aromatic rings. The Bertz CT molecular complexity index is 494. The van der Waals surface area contributed by atoms with Gasteiger partial charge in [0.25, 0.3) is 0 Å². The number of fused-ring (bicyclic) bond motifs is 2. The number of rotatable bonds is 0. The van der Waals surface area contributed by atoms with Crippen LogP contribution < -0.4 is 0 Å². The number of carbonyl (C=O) groups is 2. The van der Waals surface area contributed by atoms with E-state index >= 15 is 0 Å². The van der Waals surface area contributed by atoms with Crippen molar-refractivity contribution in [3.8, 4) is 0 Å². The molecule has 4 fully saturated rings. The fourth-order valence-corrected chi connectivity index (χ4v) is 5.55. The summed E-state index contributed by atoms with van der Waals surface area (Å²) in [5, 5.41) is 0. The maximum atomic E-state index is 12.5. The summed E-state index contributed by atoms with van der Waals surface area (Å²) < 4.78 is 5.85. The van der Waals surface area contributed by atoms with Gasteiger partial charge in [0.2, 0.25) is 11.6 Å². The minimum Gasteiger partial charge on any atom is -0.357 e. The summed E-state index contributed by atoms with van der Waals surface area (Å²) in [7, 11) is 0. The topological polar surface area (TPSA) is 46.7 Å².